The van der Waals surface area contributed by atoms with Gasteiger partial charge in [-0.3, -0.25) is 4.90 Å². The normalized spacial score (nSPS) is 17.6. The van der Waals surface area contributed by atoms with Crippen LogP contribution in [0, 0.1) is 5.82 Å². The van der Waals surface area contributed by atoms with Gasteiger partial charge in [-0.05, 0) is 62.3 Å². The zero-order chi connectivity index (χ0) is 18.0. The van der Waals surface area contributed by atoms with Gasteiger partial charge in [0.2, 0.25) is 0 Å². The summed E-state index contributed by atoms with van der Waals surface area (Å²) in [5.74, 6) is -0.407. The van der Waals surface area contributed by atoms with Gasteiger partial charge < -0.3 is 15.1 Å². The number of hydrogen-bond donors (Lipinski definition) is 2. The number of nitrogens with zero attached hydrogens (tertiary/aromatic N) is 2. The summed E-state index contributed by atoms with van der Waals surface area (Å²) in [5.41, 5.74) is 1.43. The van der Waals surface area contributed by atoms with Crippen LogP contribution in [0.5, 0.6) is 5.75 Å². The van der Waals surface area contributed by atoms with Gasteiger partial charge in [0, 0.05) is 18.2 Å². The minimum atomic E-state index is -1.08. The standard InChI is InChI=1S/C19H21FN2O3/c1-21-9-3-5-15(21)12-22(19(24)25)18-8-7-14(20)11-17(18)13-4-2-6-16(23)10-13/h2,4,6-8,10-11,15,23H,3,5,9,12H2,1H3,(H,24,25). The van der Waals surface area contributed by atoms with Gasteiger partial charge >= 0.3 is 6.09 Å². The molecule has 5 nitrogen and oxygen atoms in total. The van der Waals surface area contributed by atoms with E-state index in [0.717, 1.165) is 19.4 Å². The Balaban J connectivity index is 2.02. The zero-order valence-electron chi connectivity index (χ0n) is 14.0. The van der Waals surface area contributed by atoms with E-state index >= 15 is 0 Å². The van der Waals surface area contributed by atoms with E-state index in [-0.39, 0.29) is 11.8 Å². The average Bonchev–Trinajstić information content (AvgIpc) is 2.97. The minimum absolute atomic E-state index is 0.0464. The van der Waals surface area contributed by atoms with Crippen LogP contribution in [0.15, 0.2) is 42.5 Å². The van der Waals surface area contributed by atoms with Crippen LogP contribution in [0.2, 0.25) is 0 Å². The number of carbonyl (C=O) groups is 1. The van der Waals surface area contributed by atoms with Gasteiger partial charge in [-0.25, -0.2) is 9.18 Å². The number of phenols is 1. The number of halogens is 1. The second-order valence-electron chi connectivity index (χ2n) is 6.38. The van der Waals surface area contributed by atoms with Crippen molar-refractivity contribution in [3.05, 3.63) is 48.3 Å². The van der Waals surface area contributed by atoms with E-state index in [1.54, 1.807) is 12.1 Å². The third-order valence-corrected chi connectivity index (χ3v) is 4.70. The molecule has 2 N–H and O–H groups in total. The fourth-order valence-electron chi connectivity index (χ4n) is 3.35. The Bertz CT molecular complexity index is 781. The molecule has 0 radical (unpaired) electrons. The molecular formula is C19H21FN2O3. The van der Waals surface area contributed by atoms with Gasteiger partial charge in [0.1, 0.15) is 11.6 Å². The predicted molar refractivity (Wildman–Crippen MR) is 94.5 cm³/mol. The van der Waals surface area contributed by atoms with Crippen molar-refractivity contribution in [3.8, 4) is 16.9 Å². The van der Waals surface area contributed by atoms with E-state index < -0.39 is 11.9 Å². The Hall–Kier alpha value is -2.60. The van der Waals surface area contributed by atoms with Crippen molar-refractivity contribution < 1.29 is 19.4 Å². The molecule has 0 aromatic heterocycles. The number of hydrogen-bond acceptors (Lipinski definition) is 3. The highest BCUT2D eigenvalue weighted by molar-refractivity contribution is 5.93. The number of rotatable bonds is 4. The Morgan fingerprint density at radius 3 is 2.76 bits per heavy atom. The molecule has 2 aromatic rings. The molecular weight excluding hydrogens is 323 g/mol. The van der Waals surface area contributed by atoms with Crippen molar-refractivity contribution in [2.45, 2.75) is 18.9 Å². The number of aromatic hydroxyl groups is 1. The molecule has 1 heterocycles. The maximum Gasteiger partial charge on any atom is 0.411 e. The van der Waals surface area contributed by atoms with Crippen LogP contribution in [0.4, 0.5) is 14.9 Å². The summed E-state index contributed by atoms with van der Waals surface area (Å²) in [4.78, 5) is 15.3. The van der Waals surface area contributed by atoms with Crippen molar-refractivity contribution in [2.24, 2.45) is 0 Å². The first kappa shape index (κ1) is 17.2. The quantitative estimate of drug-likeness (QED) is 0.886. The maximum absolute atomic E-state index is 13.8. The van der Waals surface area contributed by atoms with Gasteiger partial charge in [0.05, 0.1) is 5.69 Å². The Morgan fingerprint density at radius 1 is 1.32 bits per heavy atom. The van der Waals surface area contributed by atoms with Crippen molar-refractivity contribution in [2.75, 3.05) is 25.0 Å². The highest BCUT2D eigenvalue weighted by atomic mass is 19.1. The first-order chi connectivity index (χ1) is 12.0. The molecule has 1 aliphatic heterocycles. The van der Waals surface area contributed by atoms with Crippen LogP contribution in [-0.2, 0) is 0 Å². The number of phenolic OH excluding ortho intramolecular Hbond substituents is 1. The Labute approximate surface area is 145 Å². The van der Waals surface area contributed by atoms with Gasteiger partial charge in [-0.15, -0.1) is 0 Å². The topological polar surface area (TPSA) is 64.0 Å². The lowest BCUT2D eigenvalue weighted by atomic mass is 10.0. The van der Waals surface area contributed by atoms with Gasteiger partial charge in [0.15, 0.2) is 0 Å². The second-order valence-corrected chi connectivity index (χ2v) is 6.38. The van der Waals surface area contributed by atoms with Crippen LogP contribution >= 0.6 is 0 Å². The summed E-state index contributed by atoms with van der Waals surface area (Å²) in [5, 5.41) is 19.4. The number of amides is 1. The first-order valence-corrected chi connectivity index (χ1v) is 8.25. The zero-order valence-corrected chi connectivity index (χ0v) is 14.0. The number of likely N-dealkylation sites (tertiary alicyclic amines) is 1. The molecule has 25 heavy (non-hydrogen) atoms. The van der Waals surface area contributed by atoms with E-state index in [1.807, 2.05) is 7.05 Å². The summed E-state index contributed by atoms with van der Waals surface area (Å²) < 4.78 is 13.8. The largest absolute Gasteiger partial charge is 0.508 e. The van der Waals surface area contributed by atoms with E-state index in [9.17, 15) is 19.4 Å². The maximum atomic E-state index is 13.8. The van der Waals surface area contributed by atoms with Crippen molar-refractivity contribution in [3.63, 3.8) is 0 Å². The molecule has 3 rings (SSSR count). The first-order valence-electron chi connectivity index (χ1n) is 8.25. The SMILES string of the molecule is CN1CCCC1CN(C(=O)O)c1ccc(F)cc1-c1cccc(O)c1. The van der Waals surface area contributed by atoms with Crippen LogP contribution in [-0.4, -0.2) is 47.4 Å². The second kappa shape index (κ2) is 7.11. The van der Waals surface area contributed by atoms with E-state index in [4.69, 9.17) is 0 Å². The Kier molecular flexibility index (Phi) is 4.90. The molecule has 1 saturated heterocycles. The lowest BCUT2D eigenvalue weighted by molar-refractivity contribution is 0.198. The smallest absolute Gasteiger partial charge is 0.411 e. The van der Waals surface area contributed by atoms with Crippen LogP contribution < -0.4 is 4.90 Å². The Morgan fingerprint density at radius 2 is 2.12 bits per heavy atom. The molecule has 0 aliphatic carbocycles. The monoisotopic (exact) mass is 344 g/mol. The summed E-state index contributed by atoms with van der Waals surface area (Å²) in [6.07, 6.45) is 0.897. The summed E-state index contributed by atoms with van der Waals surface area (Å²) in [7, 11) is 1.98. The summed E-state index contributed by atoms with van der Waals surface area (Å²) >= 11 is 0. The van der Waals surface area contributed by atoms with Gasteiger partial charge in [-0.1, -0.05) is 12.1 Å². The molecule has 1 aliphatic rings. The van der Waals surface area contributed by atoms with E-state index in [1.165, 1.54) is 35.2 Å². The fourth-order valence-corrected chi connectivity index (χ4v) is 3.35. The molecule has 0 saturated carbocycles. The molecule has 1 unspecified atom stereocenters. The molecule has 1 fully saturated rings. The summed E-state index contributed by atoms with van der Waals surface area (Å²) in [6.45, 7) is 1.27. The molecule has 0 bridgehead atoms. The molecule has 6 heteroatoms. The third kappa shape index (κ3) is 3.74. The number of anilines is 1. The molecule has 0 spiro atoms. The highest BCUT2D eigenvalue weighted by Crippen LogP contribution is 2.34. The lowest BCUT2D eigenvalue weighted by Gasteiger charge is -2.28. The van der Waals surface area contributed by atoms with Crippen molar-refractivity contribution in [1.82, 2.24) is 4.90 Å². The highest BCUT2D eigenvalue weighted by Gasteiger charge is 2.28. The number of carboxylic acid groups (broad SMARTS) is 1. The van der Waals surface area contributed by atoms with Crippen molar-refractivity contribution >= 4 is 11.8 Å². The van der Waals surface area contributed by atoms with Crippen LogP contribution in [0.3, 0.4) is 0 Å². The number of benzene rings is 2. The number of likely N-dealkylation sites (N-methyl/N-ethyl adjacent to an activating group) is 1. The molecule has 2 aromatic carbocycles. The third-order valence-electron chi connectivity index (χ3n) is 4.70. The summed E-state index contributed by atoms with van der Waals surface area (Å²) in [6, 6.07) is 10.6. The minimum Gasteiger partial charge on any atom is -0.508 e. The van der Waals surface area contributed by atoms with E-state index in [0.29, 0.717) is 23.4 Å². The molecule has 1 atom stereocenters. The molecule has 132 valence electrons. The van der Waals surface area contributed by atoms with Gasteiger partial charge in [0.25, 0.3) is 0 Å². The van der Waals surface area contributed by atoms with Crippen LogP contribution in [0.1, 0.15) is 12.8 Å². The molecule has 1 amide bonds. The van der Waals surface area contributed by atoms with Crippen molar-refractivity contribution in [1.29, 1.82) is 0 Å². The van der Waals surface area contributed by atoms with E-state index in [2.05, 4.69) is 4.90 Å². The predicted octanol–water partition coefficient (Wildman–Crippen LogP) is 3.78. The lowest BCUT2D eigenvalue weighted by Crippen LogP contribution is -2.41. The van der Waals surface area contributed by atoms with Gasteiger partial charge in [-0.2, -0.15) is 0 Å². The fraction of sp³-hybridized carbons (Fsp3) is 0.316. The van der Waals surface area contributed by atoms with Crippen LogP contribution in [0.25, 0.3) is 11.1 Å². The average molecular weight is 344 g/mol.